The number of rotatable bonds is 4. The summed E-state index contributed by atoms with van der Waals surface area (Å²) in [6.45, 7) is 0. The smallest absolute Gasteiger partial charge is 0.249 e. The van der Waals surface area contributed by atoms with Crippen molar-refractivity contribution in [3.8, 4) is 5.75 Å². The highest BCUT2D eigenvalue weighted by Crippen LogP contribution is 2.14. The van der Waals surface area contributed by atoms with Crippen molar-refractivity contribution in [2.75, 3.05) is 12.4 Å². The van der Waals surface area contributed by atoms with Crippen LogP contribution in [0.15, 0.2) is 48.7 Å². The fourth-order valence-electron chi connectivity index (χ4n) is 1.53. The van der Waals surface area contributed by atoms with Crippen LogP contribution < -0.4 is 10.1 Å². The molecule has 0 radical (unpaired) electrons. The molecule has 1 N–H and O–H groups in total. The van der Waals surface area contributed by atoms with Crippen molar-refractivity contribution in [1.82, 2.24) is 4.98 Å². The zero-order chi connectivity index (χ0) is 14.4. The summed E-state index contributed by atoms with van der Waals surface area (Å²) < 4.78 is 5.11. The van der Waals surface area contributed by atoms with E-state index in [1.807, 2.05) is 24.3 Å². The minimum absolute atomic E-state index is 0.261. The molecule has 0 aliphatic carbocycles. The van der Waals surface area contributed by atoms with Crippen molar-refractivity contribution in [3.63, 3.8) is 0 Å². The van der Waals surface area contributed by atoms with Crippen LogP contribution in [0.25, 0.3) is 6.08 Å². The third-order valence-corrected chi connectivity index (χ3v) is 2.72. The Morgan fingerprint density at radius 3 is 2.90 bits per heavy atom. The third-order valence-electron chi connectivity index (χ3n) is 2.50. The van der Waals surface area contributed by atoms with Crippen molar-refractivity contribution < 1.29 is 9.53 Å². The molecule has 2 aromatic rings. The second kappa shape index (κ2) is 6.73. The van der Waals surface area contributed by atoms with Crippen LogP contribution in [0.5, 0.6) is 5.75 Å². The van der Waals surface area contributed by atoms with Gasteiger partial charge in [-0.05, 0) is 35.9 Å². The summed E-state index contributed by atoms with van der Waals surface area (Å²) in [5.41, 5.74) is 0.878. The summed E-state index contributed by atoms with van der Waals surface area (Å²) in [6, 6.07) is 10.7. The van der Waals surface area contributed by atoms with E-state index in [-0.39, 0.29) is 5.91 Å². The fourth-order valence-corrected chi connectivity index (χ4v) is 1.65. The number of carbonyl (C=O) groups excluding carboxylic acids is 1. The molecule has 1 aromatic carbocycles. The van der Waals surface area contributed by atoms with E-state index in [1.165, 1.54) is 12.3 Å². The van der Waals surface area contributed by atoms with E-state index in [0.717, 1.165) is 11.3 Å². The van der Waals surface area contributed by atoms with Crippen LogP contribution >= 0.6 is 11.6 Å². The third kappa shape index (κ3) is 4.10. The van der Waals surface area contributed by atoms with Crippen molar-refractivity contribution in [1.29, 1.82) is 0 Å². The summed E-state index contributed by atoms with van der Waals surface area (Å²) in [4.78, 5) is 15.7. The maximum Gasteiger partial charge on any atom is 0.249 e. The highest BCUT2D eigenvalue weighted by molar-refractivity contribution is 6.30. The molecule has 0 aliphatic rings. The molecule has 1 heterocycles. The first-order chi connectivity index (χ1) is 9.67. The zero-order valence-electron chi connectivity index (χ0n) is 10.8. The Morgan fingerprint density at radius 2 is 2.20 bits per heavy atom. The maximum atomic E-state index is 11.7. The first-order valence-electron chi connectivity index (χ1n) is 5.92. The van der Waals surface area contributed by atoms with Crippen LogP contribution in [-0.4, -0.2) is 18.0 Å². The number of carbonyl (C=O) groups is 1. The second-order valence-corrected chi connectivity index (χ2v) is 4.40. The van der Waals surface area contributed by atoms with Crippen LogP contribution in [0, 0.1) is 0 Å². The lowest BCUT2D eigenvalue weighted by molar-refractivity contribution is -0.111. The SMILES string of the molecule is COc1cccc(/C=C\C(=O)Nc2ccc(Cl)cn2)c1. The van der Waals surface area contributed by atoms with Gasteiger partial charge in [0.25, 0.3) is 0 Å². The molecule has 0 saturated carbocycles. The van der Waals surface area contributed by atoms with Gasteiger partial charge in [-0.3, -0.25) is 4.79 Å². The number of nitrogens with zero attached hydrogens (tertiary/aromatic N) is 1. The summed E-state index contributed by atoms with van der Waals surface area (Å²) in [5.74, 6) is 0.935. The predicted molar refractivity (Wildman–Crippen MR) is 79.9 cm³/mol. The van der Waals surface area contributed by atoms with Gasteiger partial charge in [-0.2, -0.15) is 0 Å². The van der Waals surface area contributed by atoms with Gasteiger partial charge in [0, 0.05) is 12.3 Å². The first kappa shape index (κ1) is 14.1. The van der Waals surface area contributed by atoms with Gasteiger partial charge < -0.3 is 10.1 Å². The highest BCUT2D eigenvalue weighted by Gasteiger charge is 1.99. The molecule has 20 heavy (non-hydrogen) atoms. The van der Waals surface area contributed by atoms with Gasteiger partial charge in [-0.15, -0.1) is 0 Å². The Morgan fingerprint density at radius 1 is 1.35 bits per heavy atom. The number of pyridine rings is 1. The van der Waals surface area contributed by atoms with Gasteiger partial charge in [0.15, 0.2) is 0 Å². The molecule has 0 unspecified atom stereocenters. The molecule has 0 bridgehead atoms. The molecule has 0 saturated heterocycles. The van der Waals surface area contributed by atoms with E-state index in [9.17, 15) is 4.79 Å². The van der Waals surface area contributed by atoms with E-state index < -0.39 is 0 Å². The summed E-state index contributed by atoms with van der Waals surface area (Å²) in [7, 11) is 1.60. The molecule has 4 nitrogen and oxygen atoms in total. The van der Waals surface area contributed by atoms with Crippen molar-refractivity contribution in [3.05, 3.63) is 59.3 Å². The molecule has 102 valence electrons. The molecule has 0 atom stereocenters. The number of ether oxygens (including phenoxy) is 1. The summed E-state index contributed by atoms with van der Waals surface area (Å²) in [5, 5.41) is 3.16. The average molecular weight is 289 g/mol. The normalized spacial score (nSPS) is 10.5. The minimum atomic E-state index is -0.261. The Hall–Kier alpha value is -2.33. The van der Waals surface area contributed by atoms with Gasteiger partial charge in [-0.1, -0.05) is 23.7 Å². The monoisotopic (exact) mass is 288 g/mol. The van der Waals surface area contributed by atoms with E-state index >= 15 is 0 Å². The quantitative estimate of drug-likeness (QED) is 0.877. The number of nitrogens with one attached hydrogen (secondary N) is 1. The van der Waals surface area contributed by atoms with E-state index in [4.69, 9.17) is 16.3 Å². The Balaban J connectivity index is 1.99. The molecule has 0 spiro atoms. The Bertz CT molecular complexity index is 624. The minimum Gasteiger partial charge on any atom is -0.497 e. The van der Waals surface area contributed by atoms with Gasteiger partial charge in [-0.25, -0.2) is 4.98 Å². The molecular weight excluding hydrogens is 276 g/mol. The zero-order valence-corrected chi connectivity index (χ0v) is 11.6. The lowest BCUT2D eigenvalue weighted by Gasteiger charge is -2.01. The van der Waals surface area contributed by atoms with Gasteiger partial charge in [0.05, 0.1) is 12.1 Å². The van der Waals surface area contributed by atoms with Gasteiger partial charge in [0.1, 0.15) is 11.6 Å². The Kier molecular flexibility index (Phi) is 4.74. The second-order valence-electron chi connectivity index (χ2n) is 3.96. The molecule has 0 aliphatic heterocycles. The van der Waals surface area contributed by atoms with E-state index in [0.29, 0.717) is 10.8 Å². The van der Waals surface area contributed by atoms with E-state index in [1.54, 1.807) is 25.3 Å². The fraction of sp³-hybridized carbons (Fsp3) is 0.0667. The maximum absolute atomic E-state index is 11.7. The average Bonchev–Trinajstić information content (AvgIpc) is 2.48. The van der Waals surface area contributed by atoms with Crippen LogP contribution in [-0.2, 0) is 4.79 Å². The number of halogens is 1. The van der Waals surface area contributed by atoms with Crippen LogP contribution in [0.2, 0.25) is 5.02 Å². The number of anilines is 1. The van der Waals surface area contributed by atoms with Gasteiger partial charge in [0.2, 0.25) is 5.91 Å². The lowest BCUT2D eigenvalue weighted by atomic mass is 10.2. The van der Waals surface area contributed by atoms with Gasteiger partial charge >= 0.3 is 0 Å². The number of methoxy groups -OCH3 is 1. The Labute approximate surface area is 122 Å². The molecule has 2 rings (SSSR count). The van der Waals surface area contributed by atoms with E-state index in [2.05, 4.69) is 10.3 Å². The summed E-state index contributed by atoms with van der Waals surface area (Å²) in [6.07, 6.45) is 4.61. The van der Waals surface area contributed by atoms with Crippen molar-refractivity contribution >= 4 is 29.4 Å². The predicted octanol–water partition coefficient (Wildman–Crippen LogP) is 3.40. The number of aromatic nitrogens is 1. The van der Waals surface area contributed by atoms with Crippen LogP contribution in [0.3, 0.4) is 0 Å². The number of hydrogen-bond donors (Lipinski definition) is 1. The van der Waals surface area contributed by atoms with Crippen molar-refractivity contribution in [2.24, 2.45) is 0 Å². The molecule has 5 heteroatoms. The van der Waals surface area contributed by atoms with Crippen LogP contribution in [0.4, 0.5) is 5.82 Å². The van der Waals surface area contributed by atoms with Crippen molar-refractivity contribution in [2.45, 2.75) is 0 Å². The molecular formula is C15H13ClN2O2. The topological polar surface area (TPSA) is 51.2 Å². The largest absolute Gasteiger partial charge is 0.497 e. The highest BCUT2D eigenvalue weighted by atomic mass is 35.5. The molecule has 1 aromatic heterocycles. The molecule has 0 fully saturated rings. The standard InChI is InChI=1S/C15H13ClN2O2/c1-20-13-4-2-3-11(9-13)5-8-15(19)18-14-7-6-12(16)10-17-14/h2-10H,1H3,(H,17,18,19)/b8-5-. The number of hydrogen-bond acceptors (Lipinski definition) is 3. The number of amides is 1. The van der Waals surface area contributed by atoms with Crippen LogP contribution in [0.1, 0.15) is 5.56 Å². The lowest BCUT2D eigenvalue weighted by Crippen LogP contribution is -2.08. The summed E-state index contributed by atoms with van der Waals surface area (Å²) >= 11 is 5.72. The first-order valence-corrected chi connectivity index (χ1v) is 6.30. The molecule has 1 amide bonds. The number of benzene rings is 1.